The van der Waals surface area contributed by atoms with E-state index in [0.29, 0.717) is 24.1 Å². The van der Waals surface area contributed by atoms with Crippen LogP contribution in [0.25, 0.3) is 0 Å². The number of benzene rings is 4. The van der Waals surface area contributed by atoms with E-state index in [1.165, 1.54) is 11.4 Å². The number of sulfonamides is 1. The number of hydrogen-bond donors (Lipinski definition) is 1. The maximum atomic E-state index is 13.7. The first-order valence-corrected chi connectivity index (χ1v) is 15.4. The molecule has 0 saturated carbocycles. The van der Waals surface area contributed by atoms with Gasteiger partial charge in [-0.25, -0.2) is 13.2 Å². The molecule has 0 fully saturated rings. The summed E-state index contributed by atoms with van der Waals surface area (Å²) in [5.74, 6) is -1.27. The SMILES string of the molecule is CC(C)C(C1=C(O)C(Cc2ccccc2)(Cc2ccccc2)OC1=O)c1cccc(N(C)S(=O)(=O)c2ccccc2)c1. The topological polar surface area (TPSA) is 83.9 Å². The van der Waals surface area contributed by atoms with Crippen molar-refractivity contribution in [1.82, 2.24) is 0 Å². The zero-order chi connectivity index (χ0) is 29.9. The number of carbonyl (C=O) groups excluding carboxylic acids is 1. The van der Waals surface area contributed by atoms with E-state index < -0.39 is 27.5 Å². The lowest BCUT2D eigenvalue weighted by atomic mass is 9.78. The fraction of sp³-hybridized carbons (Fsp3) is 0.229. The predicted molar refractivity (Wildman–Crippen MR) is 165 cm³/mol. The number of aliphatic hydroxyl groups excluding tert-OH is 1. The lowest BCUT2D eigenvalue weighted by Crippen LogP contribution is -2.37. The normalized spacial score (nSPS) is 15.5. The molecule has 1 atom stereocenters. The molecule has 4 aromatic rings. The van der Waals surface area contributed by atoms with E-state index in [4.69, 9.17) is 4.74 Å². The first kappa shape index (κ1) is 29.1. The van der Waals surface area contributed by atoms with Gasteiger partial charge in [-0.15, -0.1) is 0 Å². The minimum Gasteiger partial charge on any atom is -0.507 e. The van der Waals surface area contributed by atoms with E-state index in [9.17, 15) is 18.3 Å². The lowest BCUT2D eigenvalue weighted by Gasteiger charge is -2.29. The van der Waals surface area contributed by atoms with Crippen molar-refractivity contribution >= 4 is 21.7 Å². The number of nitrogens with zero attached hydrogens (tertiary/aromatic N) is 1. The second-order valence-corrected chi connectivity index (χ2v) is 13.0. The summed E-state index contributed by atoms with van der Waals surface area (Å²) in [6, 6.07) is 34.7. The van der Waals surface area contributed by atoms with Crippen LogP contribution in [0.15, 0.2) is 131 Å². The van der Waals surface area contributed by atoms with Gasteiger partial charge in [0.25, 0.3) is 10.0 Å². The van der Waals surface area contributed by atoms with Gasteiger partial charge in [0.2, 0.25) is 0 Å². The van der Waals surface area contributed by atoms with Gasteiger partial charge in [0.1, 0.15) is 5.76 Å². The van der Waals surface area contributed by atoms with Crippen LogP contribution in [-0.4, -0.2) is 32.1 Å². The van der Waals surface area contributed by atoms with Crippen molar-refractivity contribution < 1.29 is 23.1 Å². The molecule has 7 heteroatoms. The standard InChI is InChI=1S/C35H35NO5S/c1-25(2)31(28-18-13-19-29(22-28)36(3)42(39,40)30-20-11-6-12-21-30)32-33(37)35(41-34(32)38,23-26-14-7-4-8-15-26)24-27-16-9-5-10-17-27/h4-22,25,31,37H,23-24H2,1-3H3. The first-order valence-electron chi connectivity index (χ1n) is 14.0. The molecule has 1 aliphatic rings. The molecule has 1 aliphatic heterocycles. The average Bonchev–Trinajstić information content (AvgIpc) is 3.22. The van der Waals surface area contributed by atoms with Crippen molar-refractivity contribution in [1.29, 1.82) is 0 Å². The highest BCUT2D eigenvalue weighted by atomic mass is 32.2. The van der Waals surface area contributed by atoms with Crippen LogP contribution in [0.2, 0.25) is 0 Å². The van der Waals surface area contributed by atoms with Crippen LogP contribution in [0.3, 0.4) is 0 Å². The highest BCUT2D eigenvalue weighted by molar-refractivity contribution is 7.92. The summed E-state index contributed by atoms with van der Waals surface area (Å²) in [6.45, 7) is 3.95. The summed E-state index contributed by atoms with van der Waals surface area (Å²) in [6.07, 6.45) is 0.624. The van der Waals surface area contributed by atoms with Crippen LogP contribution in [0.1, 0.15) is 36.5 Å². The van der Waals surface area contributed by atoms with Gasteiger partial charge in [0.15, 0.2) is 5.60 Å². The quantitative estimate of drug-likeness (QED) is 0.207. The molecule has 42 heavy (non-hydrogen) atoms. The largest absolute Gasteiger partial charge is 0.507 e. The van der Waals surface area contributed by atoms with Crippen LogP contribution >= 0.6 is 0 Å². The second kappa shape index (κ2) is 11.9. The summed E-state index contributed by atoms with van der Waals surface area (Å²) in [7, 11) is -2.29. The third-order valence-electron chi connectivity index (χ3n) is 7.83. The molecular formula is C35H35NO5S. The summed E-state index contributed by atoms with van der Waals surface area (Å²) in [5.41, 5.74) is 1.98. The third-order valence-corrected chi connectivity index (χ3v) is 9.63. The molecule has 1 heterocycles. The Balaban J connectivity index is 1.58. The molecular weight excluding hydrogens is 546 g/mol. The Kier molecular flexibility index (Phi) is 8.23. The highest BCUT2D eigenvalue weighted by Gasteiger charge is 2.51. The number of cyclic esters (lactones) is 1. The molecule has 0 spiro atoms. The molecule has 0 aliphatic carbocycles. The van der Waals surface area contributed by atoms with E-state index in [0.717, 1.165) is 11.1 Å². The van der Waals surface area contributed by atoms with Crippen LogP contribution in [0.5, 0.6) is 0 Å². The number of ether oxygens (including phenoxy) is 1. The number of carbonyl (C=O) groups is 1. The highest BCUT2D eigenvalue weighted by Crippen LogP contribution is 2.45. The molecule has 4 aromatic carbocycles. The molecule has 6 nitrogen and oxygen atoms in total. The fourth-order valence-corrected chi connectivity index (χ4v) is 6.95. The van der Waals surface area contributed by atoms with E-state index >= 15 is 0 Å². The Morgan fingerprint density at radius 3 is 1.83 bits per heavy atom. The zero-order valence-electron chi connectivity index (χ0n) is 24.0. The van der Waals surface area contributed by atoms with Gasteiger partial charge >= 0.3 is 5.97 Å². The number of anilines is 1. The van der Waals surface area contributed by atoms with Gasteiger partial charge in [-0.05, 0) is 46.9 Å². The van der Waals surface area contributed by atoms with Crippen molar-refractivity contribution in [3.8, 4) is 0 Å². The Morgan fingerprint density at radius 1 is 0.786 bits per heavy atom. The van der Waals surface area contributed by atoms with E-state index in [2.05, 4.69) is 0 Å². The number of aliphatic hydroxyl groups is 1. The Hall–Kier alpha value is -4.36. The molecule has 0 amide bonds. The summed E-state index contributed by atoms with van der Waals surface area (Å²) in [4.78, 5) is 13.9. The van der Waals surface area contributed by atoms with Crippen molar-refractivity contribution in [3.05, 3.63) is 143 Å². The van der Waals surface area contributed by atoms with Crippen LogP contribution in [-0.2, 0) is 32.4 Å². The molecule has 216 valence electrons. The summed E-state index contributed by atoms with van der Waals surface area (Å²) >= 11 is 0. The van der Waals surface area contributed by atoms with Gasteiger partial charge < -0.3 is 9.84 Å². The molecule has 0 bridgehead atoms. The van der Waals surface area contributed by atoms with Gasteiger partial charge in [-0.2, -0.15) is 0 Å². The number of hydrogen-bond acceptors (Lipinski definition) is 5. The van der Waals surface area contributed by atoms with Gasteiger partial charge in [-0.3, -0.25) is 4.31 Å². The van der Waals surface area contributed by atoms with Crippen LogP contribution < -0.4 is 4.31 Å². The number of esters is 1. The van der Waals surface area contributed by atoms with Crippen molar-refractivity contribution in [3.63, 3.8) is 0 Å². The number of rotatable bonds is 10. The predicted octanol–water partition coefficient (Wildman–Crippen LogP) is 6.84. The minimum atomic E-state index is -3.80. The smallest absolute Gasteiger partial charge is 0.339 e. The van der Waals surface area contributed by atoms with Crippen molar-refractivity contribution in [2.24, 2.45) is 5.92 Å². The lowest BCUT2D eigenvalue weighted by molar-refractivity contribution is -0.148. The second-order valence-electron chi connectivity index (χ2n) is 11.1. The first-order chi connectivity index (χ1) is 20.1. The van der Waals surface area contributed by atoms with E-state index in [-0.39, 0.29) is 22.1 Å². The Labute approximate surface area is 248 Å². The zero-order valence-corrected chi connectivity index (χ0v) is 24.8. The van der Waals surface area contributed by atoms with Crippen molar-refractivity contribution in [2.45, 2.75) is 43.1 Å². The van der Waals surface area contributed by atoms with Gasteiger partial charge in [0, 0.05) is 25.8 Å². The van der Waals surface area contributed by atoms with Gasteiger partial charge in [-0.1, -0.05) is 105 Å². The molecule has 5 rings (SSSR count). The van der Waals surface area contributed by atoms with E-state index in [1.807, 2.05) is 80.6 Å². The van der Waals surface area contributed by atoms with Crippen LogP contribution in [0, 0.1) is 5.92 Å². The maximum absolute atomic E-state index is 13.7. The molecule has 1 N–H and O–H groups in total. The van der Waals surface area contributed by atoms with E-state index in [1.54, 1.807) is 48.5 Å². The average molecular weight is 582 g/mol. The van der Waals surface area contributed by atoms with Gasteiger partial charge in [0.05, 0.1) is 16.2 Å². The third kappa shape index (κ3) is 5.70. The fourth-order valence-electron chi connectivity index (χ4n) is 5.74. The molecule has 1 unspecified atom stereocenters. The Morgan fingerprint density at radius 2 is 1.31 bits per heavy atom. The molecule has 0 radical (unpaired) electrons. The minimum absolute atomic E-state index is 0.0745. The molecule has 0 aromatic heterocycles. The summed E-state index contributed by atoms with van der Waals surface area (Å²) < 4.78 is 34.1. The Bertz CT molecular complexity index is 1640. The van der Waals surface area contributed by atoms with Crippen LogP contribution in [0.4, 0.5) is 5.69 Å². The summed E-state index contributed by atoms with van der Waals surface area (Å²) in [5, 5.41) is 12.0. The molecule has 0 saturated heterocycles. The maximum Gasteiger partial charge on any atom is 0.339 e. The van der Waals surface area contributed by atoms with Crippen molar-refractivity contribution in [2.75, 3.05) is 11.4 Å². The monoisotopic (exact) mass is 581 g/mol.